The molecule has 0 aliphatic rings. The molecule has 0 heterocycles. The van der Waals surface area contributed by atoms with Gasteiger partial charge < -0.3 is 11.1 Å². The highest BCUT2D eigenvalue weighted by molar-refractivity contribution is 9.10. The highest BCUT2D eigenvalue weighted by atomic mass is 79.9. The molecule has 0 saturated carbocycles. The fraction of sp³-hybridized carbons (Fsp3) is 0.125. The number of amides is 2. The molecular weight excluding hydrogens is 383 g/mol. The van der Waals surface area contributed by atoms with Crippen LogP contribution in [0.4, 0.5) is 10.1 Å². The van der Waals surface area contributed by atoms with E-state index >= 15 is 0 Å². The molecule has 2 aromatic carbocycles. The molecule has 4 nitrogen and oxygen atoms in total. The van der Waals surface area contributed by atoms with Crippen LogP contribution >= 0.6 is 27.7 Å². The van der Waals surface area contributed by atoms with Crippen molar-refractivity contribution < 1.29 is 14.0 Å². The van der Waals surface area contributed by atoms with Gasteiger partial charge in [0, 0.05) is 10.2 Å². The molecule has 23 heavy (non-hydrogen) atoms. The molecule has 0 radical (unpaired) electrons. The maximum absolute atomic E-state index is 13.7. The van der Waals surface area contributed by atoms with Crippen molar-refractivity contribution in [3.63, 3.8) is 0 Å². The molecule has 0 aliphatic carbocycles. The summed E-state index contributed by atoms with van der Waals surface area (Å²) in [5.41, 5.74) is 6.42. The molecular formula is C16H14BrFN2O2S. The Hall–Kier alpha value is -1.86. The molecule has 0 atom stereocenters. The minimum Gasteiger partial charge on any atom is -0.366 e. The number of carbonyl (C=O) groups excluding carboxylic acids is 2. The second-order valence-electron chi connectivity index (χ2n) is 4.69. The second-order valence-corrected chi connectivity index (χ2v) is 6.59. The summed E-state index contributed by atoms with van der Waals surface area (Å²) in [4.78, 5) is 23.2. The monoisotopic (exact) mass is 396 g/mol. The molecule has 2 aromatic rings. The zero-order valence-electron chi connectivity index (χ0n) is 12.0. The van der Waals surface area contributed by atoms with Crippen molar-refractivity contribution in [2.45, 2.75) is 5.75 Å². The number of hydrogen-bond acceptors (Lipinski definition) is 3. The van der Waals surface area contributed by atoms with Gasteiger partial charge in [0.2, 0.25) is 5.91 Å². The quantitative estimate of drug-likeness (QED) is 0.783. The van der Waals surface area contributed by atoms with E-state index < -0.39 is 5.91 Å². The van der Waals surface area contributed by atoms with E-state index in [9.17, 15) is 14.0 Å². The first-order valence-electron chi connectivity index (χ1n) is 6.67. The summed E-state index contributed by atoms with van der Waals surface area (Å²) in [6.07, 6.45) is 0. The Balaban J connectivity index is 1.90. The number of hydrogen-bond donors (Lipinski definition) is 2. The molecule has 0 aromatic heterocycles. The van der Waals surface area contributed by atoms with Crippen molar-refractivity contribution in [2.75, 3.05) is 11.1 Å². The number of anilines is 1. The molecule has 0 bridgehead atoms. The van der Waals surface area contributed by atoms with Crippen LogP contribution in [0.2, 0.25) is 0 Å². The molecule has 0 spiro atoms. The van der Waals surface area contributed by atoms with E-state index in [-0.39, 0.29) is 23.0 Å². The van der Waals surface area contributed by atoms with Crippen molar-refractivity contribution in [3.05, 3.63) is 63.9 Å². The summed E-state index contributed by atoms with van der Waals surface area (Å²) in [6.45, 7) is 0. The number of halogens is 2. The number of thioether (sulfide) groups is 1. The van der Waals surface area contributed by atoms with Gasteiger partial charge in [-0.05, 0) is 29.8 Å². The van der Waals surface area contributed by atoms with Gasteiger partial charge in [0.1, 0.15) is 5.82 Å². The van der Waals surface area contributed by atoms with E-state index in [1.807, 2.05) is 0 Å². The van der Waals surface area contributed by atoms with E-state index in [1.54, 1.807) is 36.4 Å². The Kier molecular flexibility index (Phi) is 6.18. The minimum absolute atomic E-state index is 0.141. The van der Waals surface area contributed by atoms with Crippen molar-refractivity contribution in [1.29, 1.82) is 0 Å². The van der Waals surface area contributed by atoms with E-state index in [4.69, 9.17) is 5.73 Å². The fourth-order valence-corrected chi connectivity index (χ4v) is 3.03. The van der Waals surface area contributed by atoms with Gasteiger partial charge in [-0.25, -0.2) is 4.39 Å². The van der Waals surface area contributed by atoms with Crippen LogP contribution in [-0.2, 0) is 10.5 Å². The Morgan fingerprint density at radius 2 is 1.96 bits per heavy atom. The van der Waals surface area contributed by atoms with Crippen LogP contribution < -0.4 is 11.1 Å². The number of nitrogens with one attached hydrogen (secondary N) is 1. The van der Waals surface area contributed by atoms with Crippen molar-refractivity contribution in [1.82, 2.24) is 0 Å². The first-order valence-corrected chi connectivity index (χ1v) is 8.62. The van der Waals surface area contributed by atoms with Gasteiger partial charge in [-0.1, -0.05) is 34.1 Å². The first kappa shape index (κ1) is 17.5. The van der Waals surface area contributed by atoms with Gasteiger partial charge in [0.25, 0.3) is 5.91 Å². The standard InChI is InChI=1S/C16H14BrFN2O2S/c17-11-6-5-10(13(18)7-11)8-23-9-15(21)20-14-4-2-1-3-12(14)16(19)22/h1-7H,8-9H2,(H2,19,22)(H,20,21). The SMILES string of the molecule is NC(=O)c1ccccc1NC(=O)CSCc1ccc(Br)cc1F. The van der Waals surface area contributed by atoms with Gasteiger partial charge in [-0.15, -0.1) is 11.8 Å². The van der Waals surface area contributed by atoms with Crippen LogP contribution in [0.15, 0.2) is 46.9 Å². The summed E-state index contributed by atoms with van der Waals surface area (Å²) < 4.78 is 14.3. The molecule has 2 amide bonds. The molecule has 0 unspecified atom stereocenters. The van der Waals surface area contributed by atoms with Crippen LogP contribution in [-0.4, -0.2) is 17.6 Å². The Morgan fingerprint density at radius 3 is 2.65 bits per heavy atom. The number of rotatable bonds is 6. The number of benzene rings is 2. The normalized spacial score (nSPS) is 10.3. The minimum atomic E-state index is -0.606. The first-order chi connectivity index (χ1) is 11.0. The fourth-order valence-electron chi connectivity index (χ4n) is 1.89. The summed E-state index contributed by atoms with van der Waals surface area (Å²) >= 11 is 4.48. The maximum Gasteiger partial charge on any atom is 0.250 e. The largest absolute Gasteiger partial charge is 0.366 e. The lowest BCUT2D eigenvalue weighted by atomic mass is 10.1. The molecule has 0 aliphatic heterocycles. The summed E-state index contributed by atoms with van der Waals surface area (Å²) in [5, 5.41) is 2.64. The van der Waals surface area contributed by atoms with E-state index in [0.29, 0.717) is 21.5 Å². The van der Waals surface area contributed by atoms with Gasteiger partial charge in [0.15, 0.2) is 0 Å². The van der Waals surface area contributed by atoms with Crippen LogP contribution in [0.5, 0.6) is 0 Å². The molecule has 2 rings (SSSR count). The van der Waals surface area contributed by atoms with Crippen molar-refractivity contribution in [2.24, 2.45) is 5.73 Å². The smallest absolute Gasteiger partial charge is 0.250 e. The van der Waals surface area contributed by atoms with E-state index in [1.165, 1.54) is 17.8 Å². The van der Waals surface area contributed by atoms with Gasteiger partial charge in [-0.2, -0.15) is 0 Å². The maximum atomic E-state index is 13.7. The summed E-state index contributed by atoms with van der Waals surface area (Å²) in [5.74, 6) is -0.676. The summed E-state index contributed by atoms with van der Waals surface area (Å²) in [7, 11) is 0. The predicted octanol–water partition coefficient (Wildman–Crippen LogP) is 3.56. The Labute approximate surface area is 145 Å². The van der Waals surface area contributed by atoms with Crippen molar-refractivity contribution >= 4 is 45.2 Å². The number of para-hydroxylation sites is 1. The lowest BCUT2D eigenvalue weighted by Gasteiger charge is -2.09. The third kappa shape index (κ3) is 5.07. The summed E-state index contributed by atoms with van der Waals surface area (Å²) in [6, 6.07) is 11.3. The van der Waals surface area contributed by atoms with E-state index in [0.717, 1.165) is 0 Å². The molecule has 7 heteroatoms. The highest BCUT2D eigenvalue weighted by Crippen LogP contribution is 2.20. The Morgan fingerprint density at radius 1 is 1.22 bits per heavy atom. The number of primary amides is 1. The molecule has 0 saturated heterocycles. The van der Waals surface area contributed by atoms with Crippen LogP contribution in [0.3, 0.4) is 0 Å². The average molecular weight is 397 g/mol. The molecule has 120 valence electrons. The predicted molar refractivity (Wildman–Crippen MR) is 93.9 cm³/mol. The van der Waals surface area contributed by atoms with Crippen LogP contribution in [0.25, 0.3) is 0 Å². The Bertz CT molecular complexity index is 740. The lowest BCUT2D eigenvalue weighted by Crippen LogP contribution is -2.19. The van der Waals surface area contributed by atoms with Gasteiger partial charge >= 0.3 is 0 Å². The average Bonchev–Trinajstić information content (AvgIpc) is 2.50. The third-order valence-corrected chi connectivity index (χ3v) is 4.45. The zero-order chi connectivity index (χ0) is 16.8. The number of carbonyl (C=O) groups is 2. The number of nitrogens with two attached hydrogens (primary N) is 1. The van der Waals surface area contributed by atoms with Crippen LogP contribution in [0.1, 0.15) is 15.9 Å². The lowest BCUT2D eigenvalue weighted by molar-refractivity contribution is -0.113. The zero-order valence-corrected chi connectivity index (χ0v) is 14.4. The molecule has 3 N–H and O–H groups in total. The van der Waals surface area contributed by atoms with Gasteiger partial charge in [-0.3, -0.25) is 9.59 Å². The topological polar surface area (TPSA) is 72.2 Å². The van der Waals surface area contributed by atoms with E-state index in [2.05, 4.69) is 21.2 Å². The van der Waals surface area contributed by atoms with Crippen molar-refractivity contribution in [3.8, 4) is 0 Å². The second kappa shape index (κ2) is 8.12. The third-order valence-electron chi connectivity index (χ3n) is 2.97. The van der Waals surface area contributed by atoms with Crippen LogP contribution in [0, 0.1) is 5.82 Å². The van der Waals surface area contributed by atoms with Gasteiger partial charge in [0.05, 0.1) is 17.0 Å². The molecule has 0 fully saturated rings. The highest BCUT2D eigenvalue weighted by Gasteiger charge is 2.11.